The average Bonchev–Trinajstić information content (AvgIpc) is 2.35. The Balaban J connectivity index is 2.37. The Hall–Kier alpha value is -1.39. The average molecular weight is 250 g/mol. The summed E-state index contributed by atoms with van der Waals surface area (Å²) in [6.45, 7) is 4.97. The molecule has 0 saturated heterocycles. The van der Waals surface area contributed by atoms with Crippen LogP contribution in [0, 0.1) is 0 Å². The molecular weight excluding hydrogens is 228 g/mol. The van der Waals surface area contributed by atoms with Crippen molar-refractivity contribution in [1.29, 1.82) is 0 Å². The van der Waals surface area contributed by atoms with Crippen LogP contribution in [-0.2, 0) is 10.3 Å². The molecule has 1 aromatic rings. The summed E-state index contributed by atoms with van der Waals surface area (Å²) in [6, 6.07) is 9.42. The molecule has 0 amide bonds. The van der Waals surface area contributed by atoms with Gasteiger partial charge >= 0.3 is 5.97 Å². The first-order valence-electron chi connectivity index (χ1n) is 6.22. The van der Waals surface area contributed by atoms with Gasteiger partial charge in [-0.15, -0.1) is 0 Å². The van der Waals surface area contributed by atoms with E-state index in [-0.39, 0.29) is 5.54 Å². The highest BCUT2D eigenvalue weighted by molar-refractivity contribution is 5.72. The standard InChI is InChI=1S/C14H22N2O2/c1-14(2,11-7-4-3-5-8-11)16-10-6-9-12(15)13(17)18/h3-5,7-8,12,16H,6,9-10,15H2,1-2H3,(H,17,18). The lowest BCUT2D eigenvalue weighted by Crippen LogP contribution is -2.38. The molecule has 0 bridgehead atoms. The molecule has 0 aliphatic heterocycles. The number of carboxylic acids is 1. The summed E-state index contributed by atoms with van der Waals surface area (Å²) in [6.07, 6.45) is 1.25. The highest BCUT2D eigenvalue weighted by Crippen LogP contribution is 2.19. The van der Waals surface area contributed by atoms with Crippen molar-refractivity contribution in [3.63, 3.8) is 0 Å². The third-order valence-corrected chi connectivity index (χ3v) is 3.07. The van der Waals surface area contributed by atoms with Gasteiger partial charge in [0.25, 0.3) is 0 Å². The number of nitrogens with one attached hydrogen (secondary N) is 1. The minimum atomic E-state index is -0.933. The predicted molar refractivity (Wildman–Crippen MR) is 72.3 cm³/mol. The molecular formula is C14H22N2O2. The van der Waals surface area contributed by atoms with E-state index in [2.05, 4.69) is 31.3 Å². The molecule has 4 N–H and O–H groups in total. The summed E-state index contributed by atoms with van der Waals surface area (Å²) in [5, 5.41) is 12.1. The maximum atomic E-state index is 10.6. The summed E-state index contributed by atoms with van der Waals surface area (Å²) in [7, 11) is 0. The largest absolute Gasteiger partial charge is 0.480 e. The third kappa shape index (κ3) is 4.47. The Morgan fingerprint density at radius 2 is 2.00 bits per heavy atom. The maximum Gasteiger partial charge on any atom is 0.320 e. The third-order valence-electron chi connectivity index (χ3n) is 3.07. The molecule has 4 nitrogen and oxygen atoms in total. The van der Waals surface area contributed by atoms with Crippen LogP contribution in [0.5, 0.6) is 0 Å². The zero-order valence-electron chi connectivity index (χ0n) is 11.0. The van der Waals surface area contributed by atoms with Gasteiger partial charge in [-0.05, 0) is 38.8 Å². The van der Waals surface area contributed by atoms with Crippen LogP contribution < -0.4 is 11.1 Å². The van der Waals surface area contributed by atoms with Gasteiger partial charge in [-0.1, -0.05) is 30.3 Å². The van der Waals surface area contributed by atoms with Gasteiger partial charge in [-0.3, -0.25) is 4.79 Å². The number of benzene rings is 1. The molecule has 1 unspecified atom stereocenters. The summed E-state index contributed by atoms with van der Waals surface area (Å²) in [5.41, 5.74) is 6.55. The zero-order chi connectivity index (χ0) is 13.6. The number of rotatable bonds is 7. The summed E-state index contributed by atoms with van der Waals surface area (Å²) >= 11 is 0. The van der Waals surface area contributed by atoms with Gasteiger partial charge in [-0.25, -0.2) is 0 Å². The Labute approximate surface area is 108 Å². The fourth-order valence-electron chi connectivity index (χ4n) is 1.80. The van der Waals surface area contributed by atoms with Crippen molar-refractivity contribution < 1.29 is 9.90 Å². The van der Waals surface area contributed by atoms with E-state index in [4.69, 9.17) is 10.8 Å². The van der Waals surface area contributed by atoms with E-state index in [1.54, 1.807) is 0 Å². The molecule has 0 aliphatic rings. The topological polar surface area (TPSA) is 75.3 Å². The highest BCUT2D eigenvalue weighted by Gasteiger charge is 2.19. The second-order valence-electron chi connectivity index (χ2n) is 5.00. The van der Waals surface area contributed by atoms with Crippen LogP contribution in [-0.4, -0.2) is 23.7 Å². The van der Waals surface area contributed by atoms with E-state index in [0.29, 0.717) is 6.42 Å². The quantitative estimate of drug-likeness (QED) is 0.644. The van der Waals surface area contributed by atoms with E-state index in [0.717, 1.165) is 13.0 Å². The van der Waals surface area contributed by atoms with Crippen molar-refractivity contribution in [2.24, 2.45) is 5.73 Å². The van der Waals surface area contributed by atoms with Gasteiger partial charge in [0, 0.05) is 5.54 Å². The molecule has 0 aromatic heterocycles. The first kappa shape index (κ1) is 14.7. The Bertz CT molecular complexity index is 377. The van der Waals surface area contributed by atoms with Gasteiger partial charge in [0.1, 0.15) is 6.04 Å². The lowest BCUT2D eigenvalue weighted by molar-refractivity contribution is -0.138. The summed E-state index contributed by atoms with van der Waals surface area (Å²) < 4.78 is 0. The number of nitrogens with two attached hydrogens (primary N) is 1. The molecule has 0 spiro atoms. The summed E-state index contributed by atoms with van der Waals surface area (Å²) in [4.78, 5) is 10.6. The number of carboxylic acid groups (broad SMARTS) is 1. The van der Waals surface area contributed by atoms with Crippen LogP contribution in [0.3, 0.4) is 0 Å². The molecule has 0 aliphatic carbocycles. The maximum absolute atomic E-state index is 10.6. The second kappa shape index (κ2) is 6.52. The fourth-order valence-corrected chi connectivity index (χ4v) is 1.80. The van der Waals surface area contributed by atoms with Crippen LogP contribution in [0.15, 0.2) is 30.3 Å². The molecule has 1 atom stereocenters. The van der Waals surface area contributed by atoms with Crippen LogP contribution >= 0.6 is 0 Å². The minimum Gasteiger partial charge on any atom is -0.480 e. The Kier molecular flexibility index (Phi) is 5.31. The van der Waals surface area contributed by atoms with E-state index in [9.17, 15) is 4.79 Å². The first-order chi connectivity index (χ1) is 8.43. The molecule has 18 heavy (non-hydrogen) atoms. The van der Waals surface area contributed by atoms with Crippen LogP contribution in [0.25, 0.3) is 0 Å². The van der Waals surface area contributed by atoms with E-state index < -0.39 is 12.0 Å². The second-order valence-corrected chi connectivity index (χ2v) is 5.00. The molecule has 1 aromatic carbocycles. The van der Waals surface area contributed by atoms with Gasteiger partial charge in [0.15, 0.2) is 0 Å². The normalized spacial score (nSPS) is 13.3. The number of carbonyl (C=O) groups is 1. The van der Waals surface area contributed by atoms with Crippen molar-refractivity contribution >= 4 is 5.97 Å². The Morgan fingerprint density at radius 3 is 2.56 bits per heavy atom. The zero-order valence-corrected chi connectivity index (χ0v) is 11.0. The fraction of sp³-hybridized carbons (Fsp3) is 0.500. The van der Waals surface area contributed by atoms with Crippen molar-refractivity contribution in [1.82, 2.24) is 5.32 Å². The van der Waals surface area contributed by atoms with Crippen molar-refractivity contribution in [3.05, 3.63) is 35.9 Å². The van der Waals surface area contributed by atoms with E-state index in [1.807, 2.05) is 18.2 Å². The van der Waals surface area contributed by atoms with E-state index >= 15 is 0 Å². The van der Waals surface area contributed by atoms with Gasteiger partial charge < -0.3 is 16.2 Å². The molecule has 0 fully saturated rings. The smallest absolute Gasteiger partial charge is 0.320 e. The van der Waals surface area contributed by atoms with Gasteiger partial charge in [0.05, 0.1) is 0 Å². The van der Waals surface area contributed by atoms with Gasteiger partial charge in [0.2, 0.25) is 0 Å². The van der Waals surface area contributed by atoms with Crippen LogP contribution in [0.4, 0.5) is 0 Å². The summed E-state index contributed by atoms with van der Waals surface area (Å²) in [5.74, 6) is -0.933. The van der Waals surface area contributed by atoms with Crippen molar-refractivity contribution in [2.75, 3.05) is 6.54 Å². The SMILES string of the molecule is CC(C)(NCCCC(N)C(=O)O)c1ccccc1. The number of hydrogen-bond acceptors (Lipinski definition) is 3. The Morgan fingerprint density at radius 1 is 1.39 bits per heavy atom. The molecule has 4 heteroatoms. The van der Waals surface area contributed by atoms with Crippen LogP contribution in [0.1, 0.15) is 32.3 Å². The van der Waals surface area contributed by atoms with E-state index in [1.165, 1.54) is 5.56 Å². The molecule has 0 radical (unpaired) electrons. The molecule has 0 saturated carbocycles. The minimum absolute atomic E-state index is 0.116. The van der Waals surface area contributed by atoms with Crippen LogP contribution in [0.2, 0.25) is 0 Å². The molecule has 1 rings (SSSR count). The lowest BCUT2D eigenvalue weighted by atomic mass is 9.94. The van der Waals surface area contributed by atoms with Crippen molar-refractivity contribution in [2.45, 2.75) is 38.3 Å². The lowest BCUT2D eigenvalue weighted by Gasteiger charge is -2.27. The van der Waals surface area contributed by atoms with Gasteiger partial charge in [-0.2, -0.15) is 0 Å². The molecule has 0 heterocycles. The van der Waals surface area contributed by atoms with Crippen molar-refractivity contribution in [3.8, 4) is 0 Å². The number of aliphatic carboxylic acids is 1. The highest BCUT2D eigenvalue weighted by atomic mass is 16.4. The first-order valence-corrected chi connectivity index (χ1v) is 6.22. The number of hydrogen-bond donors (Lipinski definition) is 3. The molecule has 100 valence electrons. The predicted octanol–water partition coefficient (Wildman–Crippen LogP) is 1.70. The monoisotopic (exact) mass is 250 g/mol.